The van der Waals surface area contributed by atoms with Gasteiger partial charge in [0, 0.05) is 29.4 Å². The number of aryl methyl sites for hydroxylation is 2. The Bertz CT molecular complexity index is 1220. The first-order valence-electron chi connectivity index (χ1n) is 9.76. The molecule has 0 atom stereocenters. The van der Waals surface area contributed by atoms with Crippen molar-refractivity contribution in [2.24, 2.45) is 0 Å². The van der Waals surface area contributed by atoms with Crippen LogP contribution in [0.25, 0.3) is 23.0 Å². The van der Waals surface area contributed by atoms with Crippen molar-refractivity contribution < 1.29 is 4.79 Å². The van der Waals surface area contributed by atoms with Crippen molar-refractivity contribution in [2.75, 3.05) is 0 Å². The third-order valence-electron chi connectivity index (χ3n) is 4.92. The first kappa shape index (κ1) is 19.9. The number of amides is 1. The second-order valence-electron chi connectivity index (χ2n) is 7.32. The zero-order valence-corrected chi connectivity index (χ0v) is 17.6. The summed E-state index contributed by atoms with van der Waals surface area (Å²) in [7, 11) is 0. The molecule has 2 heterocycles. The quantitative estimate of drug-likeness (QED) is 0.431. The Labute approximate surface area is 180 Å². The number of carbonyl (C=O) groups excluding carboxylic acids is 1. The van der Waals surface area contributed by atoms with E-state index in [9.17, 15) is 4.79 Å². The molecule has 150 valence electrons. The number of fused-ring (bicyclic) bond motifs is 1. The van der Waals surface area contributed by atoms with Gasteiger partial charge in [-0.25, -0.2) is 4.98 Å². The van der Waals surface area contributed by atoms with Crippen LogP contribution in [-0.4, -0.2) is 15.3 Å². The zero-order valence-electron chi connectivity index (χ0n) is 16.9. The van der Waals surface area contributed by atoms with E-state index < -0.39 is 0 Å². The normalized spacial score (nSPS) is 11.3. The van der Waals surface area contributed by atoms with Gasteiger partial charge in [0.1, 0.15) is 5.65 Å². The van der Waals surface area contributed by atoms with Crippen molar-refractivity contribution in [3.8, 4) is 11.3 Å². The average Bonchev–Trinajstić information content (AvgIpc) is 3.09. The lowest BCUT2D eigenvalue weighted by atomic mass is 10.1. The summed E-state index contributed by atoms with van der Waals surface area (Å²) in [5.74, 6) is -0.165. The number of hydrogen-bond donors (Lipinski definition) is 1. The number of rotatable bonds is 5. The molecule has 2 aromatic carbocycles. The Morgan fingerprint density at radius 3 is 2.50 bits per heavy atom. The molecular weight excluding hydrogens is 394 g/mol. The highest BCUT2D eigenvalue weighted by molar-refractivity contribution is 6.30. The summed E-state index contributed by atoms with van der Waals surface area (Å²) < 4.78 is 2.01. The minimum absolute atomic E-state index is 0.165. The number of aromatic nitrogens is 2. The van der Waals surface area contributed by atoms with Crippen LogP contribution in [0.15, 0.2) is 72.9 Å². The zero-order chi connectivity index (χ0) is 21.1. The molecule has 0 saturated carbocycles. The van der Waals surface area contributed by atoms with Crippen molar-refractivity contribution in [2.45, 2.75) is 20.4 Å². The van der Waals surface area contributed by atoms with Crippen molar-refractivity contribution in [3.63, 3.8) is 0 Å². The molecule has 4 aromatic rings. The van der Waals surface area contributed by atoms with E-state index in [1.54, 1.807) is 6.08 Å². The van der Waals surface area contributed by atoms with Crippen LogP contribution in [0.5, 0.6) is 0 Å². The van der Waals surface area contributed by atoms with Gasteiger partial charge in [0.25, 0.3) is 0 Å². The van der Waals surface area contributed by atoms with Crippen molar-refractivity contribution in [1.29, 1.82) is 0 Å². The molecule has 0 spiro atoms. The van der Waals surface area contributed by atoms with Gasteiger partial charge in [0.05, 0.1) is 11.4 Å². The van der Waals surface area contributed by atoms with Crippen LogP contribution < -0.4 is 5.32 Å². The summed E-state index contributed by atoms with van der Waals surface area (Å²) in [5, 5.41) is 3.58. The SMILES string of the molecule is Cc1ccc(-c2nc3cc(C)ccn3c2/C=C/C(=O)NCc2ccc(Cl)cc2)cc1. The monoisotopic (exact) mass is 415 g/mol. The number of imidazole rings is 1. The molecule has 0 fully saturated rings. The summed E-state index contributed by atoms with van der Waals surface area (Å²) in [6.07, 6.45) is 5.36. The second kappa shape index (κ2) is 8.56. The molecule has 0 unspecified atom stereocenters. The van der Waals surface area contributed by atoms with Gasteiger partial charge in [-0.2, -0.15) is 0 Å². The minimum atomic E-state index is -0.165. The predicted octanol–water partition coefficient (Wildman–Crippen LogP) is 5.60. The first-order valence-corrected chi connectivity index (χ1v) is 10.1. The maximum Gasteiger partial charge on any atom is 0.244 e. The van der Waals surface area contributed by atoms with Crippen LogP contribution >= 0.6 is 11.6 Å². The van der Waals surface area contributed by atoms with Crippen molar-refractivity contribution >= 4 is 29.2 Å². The van der Waals surface area contributed by atoms with Crippen LogP contribution in [0, 0.1) is 13.8 Å². The summed E-state index contributed by atoms with van der Waals surface area (Å²) in [4.78, 5) is 17.2. The molecule has 0 aliphatic heterocycles. The highest BCUT2D eigenvalue weighted by Crippen LogP contribution is 2.26. The molecule has 0 aliphatic rings. The maximum absolute atomic E-state index is 12.4. The molecule has 4 rings (SSSR count). The molecular formula is C25H22ClN3O. The van der Waals surface area contributed by atoms with E-state index in [-0.39, 0.29) is 5.91 Å². The van der Waals surface area contributed by atoms with Crippen molar-refractivity contribution in [3.05, 3.63) is 100 Å². The minimum Gasteiger partial charge on any atom is -0.348 e. The predicted molar refractivity (Wildman–Crippen MR) is 122 cm³/mol. The molecule has 30 heavy (non-hydrogen) atoms. The lowest BCUT2D eigenvalue weighted by molar-refractivity contribution is -0.116. The van der Waals surface area contributed by atoms with Crippen LogP contribution in [0.2, 0.25) is 5.02 Å². The summed E-state index contributed by atoms with van der Waals surface area (Å²) in [6.45, 7) is 4.54. The van der Waals surface area contributed by atoms with Crippen LogP contribution in [-0.2, 0) is 11.3 Å². The van der Waals surface area contributed by atoms with Gasteiger partial charge < -0.3 is 5.32 Å². The highest BCUT2D eigenvalue weighted by Gasteiger charge is 2.12. The molecule has 0 bridgehead atoms. The Morgan fingerprint density at radius 1 is 1.03 bits per heavy atom. The topological polar surface area (TPSA) is 46.4 Å². The molecule has 2 aromatic heterocycles. The molecule has 0 radical (unpaired) electrons. The van der Waals surface area contributed by atoms with Gasteiger partial charge in [-0.15, -0.1) is 0 Å². The third-order valence-corrected chi connectivity index (χ3v) is 5.17. The fourth-order valence-corrected chi connectivity index (χ4v) is 3.38. The van der Waals surface area contributed by atoms with E-state index >= 15 is 0 Å². The lowest BCUT2D eigenvalue weighted by Gasteiger charge is -2.04. The number of carbonyl (C=O) groups is 1. The maximum atomic E-state index is 12.4. The summed E-state index contributed by atoms with van der Waals surface area (Å²) in [5.41, 5.74) is 6.91. The average molecular weight is 416 g/mol. The smallest absolute Gasteiger partial charge is 0.244 e. The molecule has 5 heteroatoms. The van der Waals surface area contributed by atoms with Gasteiger partial charge in [0.15, 0.2) is 0 Å². The van der Waals surface area contributed by atoms with Crippen LogP contribution in [0.1, 0.15) is 22.4 Å². The Morgan fingerprint density at radius 2 is 1.77 bits per heavy atom. The third kappa shape index (κ3) is 4.44. The summed E-state index contributed by atoms with van der Waals surface area (Å²) >= 11 is 5.91. The second-order valence-corrected chi connectivity index (χ2v) is 7.76. The van der Waals surface area contributed by atoms with E-state index in [2.05, 4.69) is 36.5 Å². The van der Waals surface area contributed by atoms with Gasteiger partial charge in [0.2, 0.25) is 5.91 Å². The lowest BCUT2D eigenvalue weighted by Crippen LogP contribution is -2.20. The first-order chi connectivity index (χ1) is 14.5. The van der Waals surface area contributed by atoms with Crippen LogP contribution in [0.3, 0.4) is 0 Å². The molecule has 0 saturated heterocycles. The molecule has 0 aliphatic carbocycles. The van der Waals surface area contributed by atoms with E-state index in [0.29, 0.717) is 11.6 Å². The largest absolute Gasteiger partial charge is 0.348 e. The highest BCUT2D eigenvalue weighted by atomic mass is 35.5. The number of nitrogens with zero attached hydrogens (tertiary/aromatic N) is 2. The van der Waals surface area contributed by atoms with Gasteiger partial charge in [-0.1, -0.05) is 53.6 Å². The van der Waals surface area contributed by atoms with Gasteiger partial charge in [-0.05, 0) is 55.3 Å². The van der Waals surface area contributed by atoms with E-state index in [1.165, 1.54) is 5.56 Å². The number of hydrogen-bond acceptors (Lipinski definition) is 2. The van der Waals surface area contributed by atoms with Crippen LogP contribution in [0.4, 0.5) is 0 Å². The van der Waals surface area contributed by atoms with E-state index in [4.69, 9.17) is 16.6 Å². The number of halogens is 1. The van der Waals surface area contributed by atoms with E-state index in [1.807, 2.05) is 60.0 Å². The Balaban J connectivity index is 1.61. The van der Waals surface area contributed by atoms with Gasteiger partial charge in [-0.3, -0.25) is 9.20 Å². The Hall–Kier alpha value is -3.37. The molecule has 1 N–H and O–H groups in total. The van der Waals surface area contributed by atoms with E-state index in [0.717, 1.165) is 33.7 Å². The Kier molecular flexibility index (Phi) is 5.68. The number of benzene rings is 2. The summed E-state index contributed by atoms with van der Waals surface area (Å²) in [6, 6.07) is 19.7. The number of pyridine rings is 1. The molecule has 4 nitrogen and oxygen atoms in total. The standard InChI is InChI=1S/C25H22ClN3O/c1-17-3-7-20(8-4-17)25-22(29-14-13-18(2)15-23(29)28-25)11-12-24(30)27-16-19-5-9-21(26)10-6-19/h3-15H,16H2,1-2H3,(H,27,30)/b12-11+. The number of nitrogens with one attached hydrogen (secondary N) is 1. The van der Waals surface area contributed by atoms with Gasteiger partial charge >= 0.3 is 0 Å². The fourth-order valence-electron chi connectivity index (χ4n) is 3.25. The molecule has 1 amide bonds. The van der Waals surface area contributed by atoms with Crippen molar-refractivity contribution in [1.82, 2.24) is 14.7 Å². The fraction of sp³-hybridized carbons (Fsp3) is 0.120.